The van der Waals surface area contributed by atoms with Crippen molar-refractivity contribution in [1.82, 2.24) is 0 Å². The highest BCUT2D eigenvalue weighted by Gasteiger charge is 2.63. The van der Waals surface area contributed by atoms with E-state index in [1.54, 1.807) is 0 Å². The van der Waals surface area contributed by atoms with Gasteiger partial charge in [-0.05, 0) is 58.9 Å². The minimum atomic E-state index is -0.281. The van der Waals surface area contributed by atoms with Crippen LogP contribution in [-0.2, 0) is 9.63 Å². The minimum Gasteiger partial charge on any atom is -0.454 e. The van der Waals surface area contributed by atoms with Gasteiger partial charge in [-0.1, -0.05) is 52.8 Å². The normalized spacial score (nSPS) is 29.7. The average Bonchev–Trinajstić information content (AvgIpc) is 3.19. The molecular formula is C24H31NO4. The van der Waals surface area contributed by atoms with Crippen LogP contribution in [0.1, 0.15) is 66.4 Å². The summed E-state index contributed by atoms with van der Waals surface area (Å²) in [4.78, 5) is 17.7. The number of nitrogens with zero attached hydrogens (tertiary/aromatic N) is 1. The molecule has 1 aliphatic heterocycles. The first-order chi connectivity index (χ1) is 13.5. The van der Waals surface area contributed by atoms with Crippen LogP contribution in [0.4, 0.5) is 0 Å². The van der Waals surface area contributed by atoms with E-state index in [2.05, 4.69) is 32.0 Å². The summed E-state index contributed by atoms with van der Waals surface area (Å²) in [5, 5.41) is 4.45. The number of oxime groups is 1. The lowest BCUT2D eigenvalue weighted by Gasteiger charge is -2.33. The molecule has 2 fully saturated rings. The van der Waals surface area contributed by atoms with Crippen molar-refractivity contribution < 1.29 is 19.1 Å². The standard InChI is InChI=1S/C24H31NO4/c1-22(2,3)13-20(26)29-25-21-16(17-9-10-24(21,6)23(17,4)5)11-15-7-8-18-19(12-15)28-14-27-18/h7-8,11-12,17H,9-10,13-14H2,1-6H3/b16-11+,25-21-. The van der Waals surface area contributed by atoms with Gasteiger partial charge >= 0.3 is 5.97 Å². The maximum atomic E-state index is 12.3. The first-order valence-electron chi connectivity index (χ1n) is 10.4. The van der Waals surface area contributed by atoms with Gasteiger partial charge in [-0.3, -0.25) is 0 Å². The van der Waals surface area contributed by atoms with E-state index < -0.39 is 0 Å². The number of rotatable bonds is 3. The lowest BCUT2D eigenvalue weighted by Crippen LogP contribution is -2.33. The second kappa shape index (κ2) is 6.61. The number of carbonyl (C=O) groups excluding carboxylic acids is 1. The summed E-state index contributed by atoms with van der Waals surface area (Å²) in [5.41, 5.74) is 2.96. The number of hydrogen-bond acceptors (Lipinski definition) is 5. The van der Waals surface area contributed by atoms with Gasteiger partial charge < -0.3 is 14.3 Å². The van der Waals surface area contributed by atoms with Gasteiger partial charge in [0.1, 0.15) is 0 Å². The molecule has 2 bridgehead atoms. The molecule has 0 saturated heterocycles. The number of allylic oxidation sites excluding steroid dienone is 1. The molecule has 1 aromatic carbocycles. The Morgan fingerprint density at radius 1 is 1.24 bits per heavy atom. The molecule has 5 nitrogen and oxygen atoms in total. The van der Waals surface area contributed by atoms with Gasteiger partial charge in [0.2, 0.25) is 6.79 Å². The van der Waals surface area contributed by atoms with Gasteiger partial charge in [0.15, 0.2) is 11.5 Å². The molecule has 4 rings (SSSR count). The Labute approximate surface area is 173 Å². The van der Waals surface area contributed by atoms with Crippen LogP contribution in [0.25, 0.3) is 6.08 Å². The molecule has 156 valence electrons. The fourth-order valence-electron chi connectivity index (χ4n) is 5.02. The van der Waals surface area contributed by atoms with Crippen LogP contribution in [0.2, 0.25) is 0 Å². The van der Waals surface area contributed by atoms with Gasteiger partial charge in [0.05, 0.1) is 12.1 Å². The monoisotopic (exact) mass is 397 g/mol. The predicted molar refractivity (Wildman–Crippen MR) is 113 cm³/mol. The number of carbonyl (C=O) groups is 1. The minimum absolute atomic E-state index is 0.0600. The van der Waals surface area contributed by atoms with Crippen LogP contribution in [0, 0.1) is 22.2 Å². The Morgan fingerprint density at radius 3 is 2.69 bits per heavy atom. The van der Waals surface area contributed by atoms with E-state index in [4.69, 9.17) is 14.3 Å². The molecule has 3 aliphatic rings. The lowest BCUT2D eigenvalue weighted by molar-refractivity contribution is -0.145. The molecule has 1 heterocycles. The van der Waals surface area contributed by atoms with E-state index in [-0.39, 0.29) is 29.0 Å². The summed E-state index contributed by atoms with van der Waals surface area (Å²) >= 11 is 0. The van der Waals surface area contributed by atoms with Crippen LogP contribution in [0.3, 0.4) is 0 Å². The van der Waals surface area contributed by atoms with Crippen LogP contribution < -0.4 is 9.47 Å². The first-order valence-corrected chi connectivity index (χ1v) is 10.4. The summed E-state index contributed by atoms with van der Waals surface area (Å²) in [6.45, 7) is 13.2. The summed E-state index contributed by atoms with van der Waals surface area (Å²) in [6.07, 6.45) is 4.69. The number of fused-ring (bicyclic) bond motifs is 3. The van der Waals surface area contributed by atoms with E-state index in [0.29, 0.717) is 12.3 Å². The molecule has 0 radical (unpaired) electrons. The zero-order valence-electron chi connectivity index (χ0n) is 18.3. The van der Waals surface area contributed by atoms with Crippen molar-refractivity contribution >= 4 is 17.8 Å². The Morgan fingerprint density at radius 2 is 1.97 bits per heavy atom. The average molecular weight is 398 g/mol. The SMILES string of the molecule is CC(C)(C)CC(=O)O/N=C1/C(=C/c2ccc3c(c2)OCO3)C2CCC1(C)C2(C)C. The van der Waals surface area contributed by atoms with Crippen LogP contribution >= 0.6 is 0 Å². The Hall–Kier alpha value is -2.30. The second-order valence-corrected chi connectivity index (χ2v) is 10.5. The summed E-state index contributed by atoms with van der Waals surface area (Å²) < 4.78 is 11.0. The number of benzene rings is 1. The fraction of sp³-hybridized carbons (Fsp3) is 0.583. The van der Waals surface area contributed by atoms with E-state index in [1.165, 1.54) is 5.57 Å². The van der Waals surface area contributed by atoms with Gasteiger partial charge in [0, 0.05) is 5.41 Å². The molecule has 29 heavy (non-hydrogen) atoms. The van der Waals surface area contributed by atoms with E-state index in [9.17, 15) is 4.79 Å². The van der Waals surface area contributed by atoms with Crippen molar-refractivity contribution in [1.29, 1.82) is 0 Å². The molecule has 2 saturated carbocycles. The smallest absolute Gasteiger partial charge is 0.335 e. The van der Waals surface area contributed by atoms with Crippen molar-refractivity contribution in [2.24, 2.45) is 27.3 Å². The first kappa shape index (κ1) is 20.0. The van der Waals surface area contributed by atoms with Gasteiger partial charge in [0.25, 0.3) is 0 Å². The summed E-state index contributed by atoms with van der Waals surface area (Å²) in [6, 6.07) is 5.97. The zero-order valence-corrected chi connectivity index (χ0v) is 18.3. The third-order valence-corrected chi connectivity index (χ3v) is 7.03. The van der Waals surface area contributed by atoms with E-state index >= 15 is 0 Å². The third-order valence-electron chi connectivity index (χ3n) is 7.03. The Kier molecular flexibility index (Phi) is 4.56. The van der Waals surface area contributed by atoms with Crippen molar-refractivity contribution in [3.8, 4) is 11.5 Å². The van der Waals surface area contributed by atoms with Crippen LogP contribution in [0.15, 0.2) is 28.9 Å². The molecule has 1 aromatic rings. The highest BCUT2D eigenvalue weighted by molar-refractivity contribution is 6.11. The summed E-state index contributed by atoms with van der Waals surface area (Å²) in [5.74, 6) is 1.65. The maximum Gasteiger partial charge on any atom is 0.335 e. The Bertz CT molecular complexity index is 906. The molecule has 2 unspecified atom stereocenters. The van der Waals surface area contributed by atoms with Gasteiger partial charge in [-0.15, -0.1) is 0 Å². The molecule has 0 N–H and O–H groups in total. The predicted octanol–water partition coefficient (Wildman–Crippen LogP) is 5.59. The largest absolute Gasteiger partial charge is 0.454 e. The molecular weight excluding hydrogens is 366 g/mol. The van der Waals surface area contributed by atoms with Gasteiger partial charge in [-0.2, -0.15) is 0 Å². The van der Waals surface area contributed by atoms with Gasteiger partial charge in [-0.25, -0.2) is 4.79 Å². The lowest BCUT2D eigenvalue weighted by atomic mass is 9.70. The van der Waals surface area contributed by atoms with Crippen LogP contribution in [-0.4, -0.2) is 18.5 Å². The topological polar surface area (TPSA) is 57.1 Å². The number of ether oxygens (including phenoxy) is 2. The van der Waals surface area contributed by atoms with Crippen LogP contribution in [0.5, 0.6) is 11.5 Å². The Balaban J connectivity index is 1.69. The molecule has 2 aliphatic carbocycles. The third kappa shape index (κ3) is 3.34. The quantitative estimate of drug-likeness (QED) is 0.493. The van der Waals surface area contributed by atoms with E-state index in [1.807, 2.05) is 39.0 Å². The highest BCUT2D eigenvalue weighted by atomic mass is 16.7. The highest BCUT2D eigenvalue weighted by Crippen LogP contribution is 2.66. The fourth-order valence-corrected chi connectivity index (χ4v) is 5.02. The van der Waals surface area contributed by atoms with Crippen molar-refractivity contribution in [3.05, 3.63) is 29.3 Å². The molecule has 2 atom stereocenters. The molecule has 5 heteroatoms. The van der Waals surface area contributed by atoms with Crippen molar-refractivity contribution in [2.75, 3.05) is 6.79 Å². The van der Waals surface area contributed by atoms with Crippen molar-refractivity contribution in [2.45, 2.75) is 60.8 Å². The van der Waals surface area contributed by atoms with E-state index in [0.717, 1.165) is 35.6 Å². The zero-order chi connectivity index (χ0) is 21.0. The van der Waals surface area contributed by atoms with Crippen molar-refractivity contribution in [3.63, 3.8) is 0 Å². The molecule has 0 spiro atoms. The second-order valence-electron chi connectivity index (χ2n) is 10.5. The molecule has 0 aromatic heterocycles. The molecule has 0 amide bonds. The number of hydrogen-bond donors (Lipinski definition) is 0. The summed E-state index contributed by atoms with van der Waals surface area (Å²) in [7, 11) is 0. The maximum absolute atomic E-state index is 12.3.